The molecule has 0 aliphatic heterocycles. The lowest BCUT2D eigenvalue weighted by atomic mass is 9.92. The van der Waals surface area contributed by atoms with Crippen molar-refractivity contribution in [3.63, 3.8) is 0 Å². The van der Waals surface area contributed by atoms with E-state index in [1.807, 2.05) is 0 Å². The molecule has 0 aromatic rings. The molecule has 1 nitrogen and oxygen atoms in total. The van der Waals surface area contributed by atoms with Gasteiger partial charge >= 0.3 is 0 Å². The van der Waals surface area contributed by atoms with Crippen LogP contribution in [0.3, 0.4) is 0 Å². The Morgan fingerprint density at radius 1 is 1.38 bits per heavy atom. The fraction of sp³-hybridized carbons (Fsp3) is 0.867. The van der Waals surface area contributed by atoms with E-state index >= 15 is 0 Å². The van der Waals surface area contributed by atoms with Crippen LogP contribution in [-0.2, 0) is 0 Å². The first kappa shape index (κ1) is 6.04. The molecule has 0 saturated heterocycles. The fourth-order valence-corrected chi connectivity index (χ4v) is 1.77. The quantitative estimate of drug-likeness (QED) is 0.479. The molecule has 0 amide bonds. The SMILES string of the molecule is [2H]C1=C(CCCCCCCCC)C([2H])(O)C([2H])([2H])C([2H])([2H])C1([2H])[2H]. The van der Waals surface area contributed by atoms with Gasteiger partial charge in [0.05, 0.1) is 8.82 Å². The highest BCUT2D eigenvalue weighted by Gasteiger charge is 2.13. The number of hydrogen-bond acceptors (Lipinski definition) is 1. The standard InChI is InChI=1S/C15H28O/c1-2-3-4-5-6-7-8-11-14-12-9-10-13-15(14)16/h12,15-16H,2-11,13H2,1H3/i9D2,10D2,12D,13D2,15D. The third-order valence-corrected chi connectivity index (χ3v) is 2.77. The molecule has 0 aromatic heterocycles. The Hall–Kier alpha value is -0.300. The maximum atomic E-state index is 10.3. The van der Waals surface area contributed by atoms with Crippen molar-refractivity contribution in [2.75, 3.05) is 0 Å². The minimum atomic E-state index is -3.17. The van der Waals surface area contributed by atoms with Gasteiger partial charge in [0.1, 0.15) is 0 Å². The van der Waals surface area contributed by atoms with Crippen LogP contribution in [0, 0.1) is 0 Å². The second-order valence-electron chi connectivity index (χ2n) is 4.20. The average Bonchev–Trinajstić information content (AvgIpc) is 2.47. The van der Waals surface area contributed by atoms with E-state index in [0.29, 0.717) is 6.42 Å². The van der Waals surface area contributed by atoms with Gasteiger partial charge < -0.3 is 5.11 Å². The second-order valence-corrected chi connectivity index (χ2v) is 4.20. The topological polar surface area (TPSA) is 20.2 Å². The van der Waals surface area contributed by atoms with Crippen molar-refractivity contribution in [2.24, 2.45) is 0 Å². The number of hydrogen-bond donors (Lipinski definition) is 1. The maximum Gasteiger partial charge on any atom is 0.0750 e. The van der Waals surface area contributed by atoms with Gasteiger partial charge in [0.2, 0.25) is 0 Å². The Bertz CT molecular complexity index is 470. The second kappa shape index (κ2) is 8.81. The lowest BCUT2D eigenvalue weighted by Crippen LogP contribution is -2.13. The minimum Gasteiger partial charge on any atom is -0.389 e. The van der Waals surface area contributed by atoms with E-state index in [4.69, 9.17) is 11.0 Å². The zero-order valence-corrected chi connectivity index (χ0v) is 10.1. The summed E-state index contributed by atoms with van der Waals surface area (Å²) in [7, 11) is 0. The molecule has 0 spiro atoms. The van der Waals surface area contributed by atoms with Gasteiger partial charge in [-0.15, -0.1) is 0 Å². The average molecular weight is 232 g/mol. The molecule has 0 bridgehead atoms. The summed E-state index contributed by atoms with van der Waals surface area (Å²) in [5.41, 5.74) is -0.346. The number of allylic oxidation sites excluding steroid dienone is 1. The molecule has 1 N–H and O–H groups in total. The van der Waals surface area contributed by atoms with E-state index in [2.05, 4.69) is 6.92 Å². The van der Waals surface area contributed by atoms with E-state index in [1.165, 1.54) is 6.42 Å². The van der Waals surface area contributed by atoms with Crippen LogP contribution in [0.15, 0.2) is 11.6 Å². The molecule has 0 aromatic carbocycles. The summed E-state index contributed by atoms with van der Waals surface area (Å²) in [6.07, 6.45) is -5.35. The lowest BCUT2D eigenvalue weighted by Gasteiger charge is -2.19. The first-order valence-electron chi connectivity index (χ1n) is 10.3. The number of rotatable bonds is 8. The van der Waals surface area contributed by atoms with E-state index in [0.717, 1.165) is 32.1 Å². The van der Waals surface area contributed by atoms with Crippen molar-refractivity contribution in [1.29, 1.82) is 0 Å². The van der Waals surface area contributed by atoms with Gasteiger partial charge in [-0.25, -0.2) is 0 Å². The van der Waals surface area contributed by atoms with Crippen LogP contribution in [-0.4, -0.2) is 11.2 Å². The highest BCUT2D eigenvalue weighted by Crippen LogP contribution is 2.23. The largest absolute Gasteiger partial charge is 0.389 e. The number of aliphatic hydroxyl groups is 1. The van der Waals surface area contributed by atoms with Gasteiger partial charge in [0, 0.05) is 8.22 Å². The van der Waals surface area contributed by atoms with Gasteiger partial charge in [-0.2, -0.15) is 0 Å². The molecule has 1 atom stereocenters. The summed E-state index contributed by atoms with van der Waals surface area (Å²) < 4.78 is 62.4. The third kappa shape index (κ3) is 5.69. The molecule has 0 saturated carbocycles. The Balaban J connectivity index is 2.88. The molecule has 1 aliphatic rings. The van der Waals surface area contributed by atoms with Crippen LogP contribution in [0.2, 0.25) is 0 Å². The molecule has 1 aliphatic carbocycles. The van der Waals surface area contributed by atoms with E-state index in [-0.39, 0.29) is 12.0 Å². The van der Waals surface area contributed by atoms with E-state index < -0.39 is 31.3 Å². The predicted molar refractivity (Wildman–Crippen MR) is 70.6 cm³/mol. The molecule has 16 heavy (non-hydrogen) atoms. The predicted octanol–water partition coefficient (Wildman–Crippen LogP) is 4.60. The molecule has 0 radical (unpaired) electrons. The van der Waals surface area contributed by atoms with Crippen molar-refractivity contribution >= 4 is 0 Å². The van der Waals surface area contributed by atoms with E-state index in [1.54, 1.807) is 0 Å². The zero-order valence-electron chi connectivity index (χ0n) is 18.1. The normalized spacial score (nSPS) is 42.9. The van der Waals surface area contributed by atoms with Gasteiger partial charge in [-0.05, 0) is 37.5 Å². The van der Waals surface area contributed by atoms with Gasteiger partial charge in [0.15, 0.2) is 0 Å². The Kier molecular flexibility index (Phi) is 3.32. The van der Waals surface area contributed by atoms with Crippen molar-refractivity contribution in [2.45, 2.75) is 83.5 Å². The molecule has 1 rings (SSSR count). The monoisotopic (exact) mass is 232 g/mol. The summed E-state index contributed by atoms with van der Waals surface area (Å²) in [6, 6.07) is -0.800. The van der Waals surface area contributed by atoms with Crippen molar-refractivity contribution in [3.05, 3.63) is 11.6 Å². The van der Waals surface area contributed by atoms with Gasteiger partial charge in [-0.1, -0.05) is 51.5 Å². The Morgan fingerprint density at radius 3 is 2.81 bits per heavy atom. The molecular formula is C15H28O. The summed E-state index contributed by atoms with van der Waals surface area (Å²) >= 11 is 0. The first-order valence-corrected chi connectivity index (χ1v) is 6.28. The summed E-state index contributed by atoms with van der Waals surface area (Å²) in [5, 5.41) is 10.3. The van der Waals surface area contributed by atoms with Crippen molar-refractivity contribution in [1.82, 2.24) is 0 Å². The molecule has 94 valence electrons. The highest BCUT2D eigenvalue weighted by molar-refractivity contribution is 5.10. The van der Waals surface area contributed by atoms with Crippen LogP contribution >= 0.6 is 0 Å². The first-order chi connectivity index (χ1) is 10.9. The third-order valence-electron chi connectivity index (χ3n) is 2.77. The van der Waals surface area contributed by atoms with Gasteiger partial charge in [0.25, 0.3) is 0 Å². The van der Waals surface area contributed by atoms with Crippen molar-refractivity contribution < 1.29 is 16.1 Å². The van der Waals surface area contributed by atoms with Crippen LogP contribution in [0.4, 0.5) is 0 Å². The maximum absolute atomic E-state index is 10.3. The fourth-order valence-electron chi connectivity index (χ4n) is 1.77. The molecule has 0 heterocycles. The number of unbranched alkanes of at least 4 members (excludes halogenated alkanes) is 6. The molecular weight excluding hydrogens is 196 g/mol. The van der Waals surface area contributed by atoms with E-state index in [9.17, 15) is 5.11 Å². The zero-order chi connectivity index (χ0) is 18.8. The Labute approximate surface area is 112 Å². The molecule has 0 fully saturated rings. The smallest absolute Gasteiger partial charge is 0.0750 e. The minimum absolute atomic E-state index is 0.0295. The highest BCUT2D eigenvalue weighted by atomic mass is 16.3. The van der Waals surface area contributed by atoms with Crippen LogP contribution in [0.25, 0.3) is 0 Å². The summed E-state index contributed by atoms with van der Waals surface area (Å²) in [6.45, 7) is 2.13. The molecule has 1 unspecified atom stereocenters. The lowest BCUT2D eigenvalue weighted by molar-refractivity contribution is 0.186. The summed E-state index contributed by atoms with van der Waals surface area (Å²) in [4.78, 5) is 0. The van der Waals surface area contributed by atoms with Gasteiger partial charge in [-0.3, -0.25) is 0 Å². The van der Waals surface area contributed by atoms with Crippen LogP contribution in [0.5, 0.6) is 0 Å². The summed E-state index contributed by atoms with van der Waals surface area (Å²) in [5.74, 6) is 0. The van der Waals surface area contributed by atoms with Crippen molar-refractivity contribution in [3.8, 4) is 0 Å². The van der Waals surface area contributed by atoms with Crippen LogP contribution < -0.4 is 0 Å². The molecule has 1 heteroatoms. The van der Waals surface area contributed by atoms with Crippen LogP contribution in [0.1, 0.15) is 88.4 Å². The Morgan fingerprint density at radius 2 is 2.06 bits per heavy atom.